The average Bonchev–Trinajstić information content (AvgIpc) is 3.10. The van der Waals surface area contributed by atoms with Crippen molar-refractivity contribution < 1.29 is 9.47 Å². The standard InChI is InChI=1S/C13H19NO2/c1-2-7-15-13-8-11(5-6-12(13)14)16-9-10-3-4-10/h5-6,8,10H,2-4,7,9,14H2,1H3. The number of hydrogen-bond donors (Lipinski definition) is 1. The molecule has 1 aliphatic rings. The molecule has 1 saturated carbocycles. The molecule has 2 N–H and O–H groups in total. The lowest BCUT2D eigenvalue weighted by atomic mass is 10.3. The molecule has 0 radical (unpaired) electrons. The van der Waals surface area contributed by atoms with Crippen LogP contribution in [-0.4, -0.2) is 13.2 Å². The topological polar surface area (TPSA) is 44.5 Å². The van der Waals surface area contributed by atoms with Crippen LogP contribution in [0.15, 0.2) is 18.2 Å². The van der Waals surface area contributed by atoms with E-state index in [1.807, 2.05) is 18.2 Å². The number of nitrogens with two attached hydrogens (primary N) is 1. The van der Waals surface area contributed by atoms with E-state index in [1.54, 1.807) is 0 Å². The van der Waals surface area contributed by atoms with Crippen LogP contribution in [0.4, 0.5) is 5.69 Å². The first-order valence-corrected chi connectivity index (χ1v) is 5.94. The van der Waals surface area contributed by atoms with Gasteiger partial charge in [-0.3, -0.25) is 0 Å². The SMILES string of the molecule is CCCOc1cc(OCC2CC2)ccc1N. The Bertz CT molecular complexity index is 348. The van der Waals surface area contributed by atoms with E-state index in [1.165, 1.54) is 12.8 Å². The molecule has 0 heterocycles. The summed E-state index contributed by atoms with van der Waals surface area (Å²) in [6.07, 6.45) is 3.58. The fourth-order valence-electron chi connectivity index (χ4n) is 1.44. The minimum atomic E-state index is 0.673. The number of anilines is 1. The fourth-order valence-corrected chi connectivity index (χ4v) is 1.44. The maximum absolute atomic E-state index is 5.82. The van der Waals surface area contributed by atoms with Crippen LogP contribution in [0.5, 0.6) is 11.5 Å². The number of ether oxygens (including phenoxy) is 2. The third kappa shape index (κ3) is 3.05. The molecule has 0 atom stereocenters. The highest BCUT2D eigenvalue weighted by Gasteiger charge is 2.21. The first-order valence-electron chi connectivity index (χ1n) is 5.94. The third-order valence-electron chi connectivity index (χ3n) is 2.63. The molecule has 0 bridgehead atoms. The summed E-state index contributed by atoms with van der Waals surface area (Å²) in [6, 6.07) is 5.62. The van der Waals surface area contributed by atoms with Crippen molar-refractivity contribution in [1.29, 1.82) is 0 Å². The molecule has 3 nitrogen and oxygen atoms in total. The Morgan fingerprint density at radius 1 is 1.31 bits per heavy atom. The quantitative estimate of drug-likeness (QED) is 0.751. The molecular formula is C13H19NO2. The molecule has 0 unspecified atom stereocenters. The molecule has 1 fully saturated rings. The van der Waals surface area contributed by atoms with Gasteiger partial charge in [-0.2, -0.15) is 0 Å². The van der Waals surface area contributed by atoms with Crippen LogP contribution in [-0.2, 0) is 0 Å². The summed E-state index contributed by atoms with van der Waals surface area (Å²) in [5.74, 6) is 2.35. The fraction of sp³-hybridized carbons (Fsp3) is 0.538. The summed E-state index contributed by atoms with van der Waals surface area (Å²) in [5, 5.41) is 0. The predicted molar refractivity (Wildman–Crippen MR) is 64.9 cm³/mol. The molecule has 88 valence electrons. The second-order valence-electron chi connectivity index (χ2n) is 4.30. The number of benzene rings is 1. The minimum Gasteiger partial charge on any atom is -0.493 e. The van der Waals surface area contributed by atoms with Crippen LogP contribution >= 0.6 is 0 Å². The zero-order valence-corrected chi connectivity index (χ0v) is 9.74. The molecule has 0 spiro atoms. The van der Waals surface area contributed by atoms with Gasteiger partial charge in [-0.15, -0.1) is 0 Å². The van der Waals surface area contributed by atoms with E-state index >= 15 is 0 Å². The van der Waals surface area contributed by atoms with Crippen molar-refractivity contribution in [2.75, 3.05) is 18.9 Å². The lowest BCUT2D eigenvalue weighted by molar-refractivity contribution is 0.291. The van der Waals surface area contributed by atoms with Crippen LogP contribution in [0, 0.1) is 5.92 Å². The summed E-state index contributed by atoms with van der Waals surface area (Å²) in [5.41, 5.74) is 6.49. The van der Waals surface area contributed by atoms with Gasteiger partial charge in [0.25, 0.3) is 0 Å². The van der Waals surface area contributed by atoms with Crippen LogP contribution in [0.2, 0.25) is 0 Å². The Labute approximate surface area is 96.5 Å². The number of nitrogen functional groups attached to an aromatic ring is 1. The lowest BCUT2D eigenvalue weighted by Gasteiger charge is -2.10. The van der Waals surface area contributed by atoms with Gasteiger partial charge in [0.1, 0.15) is 11.5 Å². The monoisotopic (exact) mass is 221 g/mol. The van der Waals surface area contributed by atoms with Crippen molar-refractivity contribution in [2.45, 2.75) is 26.2 Å². The highest BCUT2D eigenvalue weighted by Crippen LogP contribution is 2.31. The largest absolute Gasteiger partial charge is 0.493 e. The first-order chi connectivity index (χ1) is 7.79. The van der Waals surface area contributed by atoms with Crippen molar-refractivity contribution in [3.63, 3.8) is 0 Å². The summed E-state index contributed by atoms with van der Waals surface area (Å²) in [7, 11) is 0. The smallest absolute Gasteiger partial charge is 0.145 e. The van der Waals surface area contributed by atoms with Crippen molar-refractivity contribution in [1.82, 2.24) is 0 Å². The average molecular weight is 221 g/mol. The van der Waals surface area contributed by atoms with Crippen molar-refractivity contribution in [3.8, 4) is 11.5 Å². The molecular weight excluding hydrogens is 202 g/mol. The van der Waals surface area contributed by atoms with Gasteiger partial charge in [-0.05, 0) is 37.3 Å². The first kappa shape index (κ1) is 11.1. The Morgan fingerprint density at radius 2 is 2.12 bits per heavy atom. The van der Waals surface area contributed by atoms with Gasteiger partial charge < -0.3 is 15.2 Å². The highest BCUT2D eigenvalue weighted by atomic mass is 16.5. The number of hydrogen-bond acceptors (Lipinski definition) is 3. The van der Waals surface area contributed by atoms with Crippen LogP contribution in [0.1, 0.15) is 26.2 Å². The molecule has 0 aliphatic heterocycles. The molecule has 2 rings (SSSR count). The molecule has 0 aromatic heterocycles. The normalized spacial score (nSPS) is 14.8. The molecule has 16 heavy (non-hydrogen) atoms. The molecule has 1 aromatic carbocycles. The van der Waals surface area contributed by atoms with E-state index < -0.39 is 0 Å². The van der Waals surface area contributed by atoms with Crippen LogP contribution in [0.25, 0.3) is 0 Å². The van der Waals surface area contributed by atoms with Gasteiger partial charge in [-0.1, -0.05) is 6.92 Å². The lowest BCUT2D eigenvalue weighted by Crippen LogP contribution is -2.02. The second-order valence-corrected chi connectivity index (χ2v) is 4.30. The van der Waals surface area contributed by atoms with Crippen molar-refractivity contribution >= 4 is 5.69 Å². The summed E-state index contributed by atoms with van der Waals surface area (Å²) >= 11 is 0. The Balaban J connectivity index is 1.95. The molecule has 3 heteroatoms. The molecule has 1 aliphatic carbocycles. The molecule has 1 aromatic rings. The van der Waals surface area contributed by atoms with Gasteiger partial charge in [0, 0.05) is 6.07 Å². The maximum atomic E-state index is 5.82. The minimum absolute atomic E-state index is 0.673. The molecule has 0 saturated heterocycles. The van der Waals surface area contributed by atoms with E-state index in [2.05, 4.69) is 6.92 Å². The van der Waals surface area contributed by atoms with Gasteiger partial charge in [-0.25, -0.2) is 0 Å². The predicted octanol–water partition coefficient (Wildman–Crippen LogP) is 2.85. The Hall–Kier alpha value is -1.38. The van der Waals surface area contributed by atoms with Crippen molar-refractivity contribution in [2.24, 2.45) is 5.92 Å². The summed E-state index contributed by atoms with van der Waals surface area (Å²) in [6.45, 7) is 3.58. The Kier molecular flexibility index (Phi) is 3.54. The van der Waals surface area contributed by atoms with Crippen molar-refractivity contribution in [3.05, 3.63) is 18.2 Å². The van der Waals surface area contributed by atoms with Gasteiger partial charge in [0.2, 0.25) is 0 Å². The van der Waals surface area contributed by atoms with E-state index in [9.17, 15) is 0 Å². The third-order valence-corrected chi connectivity index (χ3v) is 2.63. The second kappa shape index (κ2) is 5.10. The van der Waals surface area contributed by atoms with Crippen LogP contribution < -0.4 is 15.2 Å². The zero-order chi connectivity index (χ0) is 11.4. The van der Waals surface area contributed by atoms with Gasteiger partial charge in [0.05, 0.1) is 18.9 Å². The summed E-state index contributed by atoms with van der Waals surface area (Å²) in [4.78, 5) is 0. The van der Waals surface area contributed by atoms with E-state index in [-0.39, 0.29) is 0 Å². The van der Waals surface area contributed by atoms with Gasteiger partial charge in [0.15, 0.2) is 0 Å². The molecule has 0 amide bonds. The van der Waals surface area contributed by atoms with E-state index in [0.29, 0.717) is 12.3 Å². The maximum Gasteiger partial charge on any atom is 0.145 e. The van der Waals surface area contributed by atoms with E-state index in [4.69, 9.17) is 15.2 Å². The van der Waals surface area contributed by atoms with Gasteiger partial charge >= 0.3 is 0 Å². The summed E-state index contributed by atoms with van der Waals surface area (Å²) < 4.78 is 11.2. The van der Waals surface area contributed by atoms with E-state index in [0.717, 1.165) is 30.4 Å². The van der Waals surface area contributed by atoms with Crippen LogP contribution in [0.3, 0.4) is 0 Å². The zero-order valence-electron chi connectivity index (χ0n) is 9.74. The number of rotatable bonds is 6. The highest BCUT2D eigenvalue weighted by molar-refractivity contribution is 5.55. The Morgan fingerprint density at radius 3 is 2.81 bits per heavy atom.